The van der Waals surface area contributed by atoms with Gasteiger partial charge in [0.1, 0.15) is 0 Å². The van der Waals surface area contributed by atoms with Crippen LogP contribution in [0.2, 0.25) is 5.02 Å². The van der Waals surface area contributed by atoms with Crippen LogP contribution in [0, 0.1) is 0 Å². The van der Waals surface area contributed by atoms with Crippen molar-refractivity contribution < 1.29 is 0 Å². The molecule has 5 heteroatoms. The fourth-order valence-corrected chi connectivity index (χ4v) is 2.68. The third kappa shape index (κ3) is 1.94. The smallest absolute Gasteiger partial charge is 0.0738 e. The van der Waals surface area contributed by atoms with Crippen molar-refractivity contribution in [2.75, 3.05) is 5.73 Å². The van der Waals surface area contributed by atoms with Gasteiger partial charge in [0.15, 0.2) is 0 Å². The molecule has 0 fully saturated rings. The first kappa shape index (κ1) is 13.0. The molecule has 0 aliphatic rings. The van der Waals surface area contributed by atoms with E-state index in [9.17, 15) is 0 Å². The summed E-state index contributed by atoms with van der Waals surface area (Å²) < 4.78 is 2.04. The van der Waals surface area contributed by atoms with Crippen LogP contribution in [0.25, 0.3) is 22.2 Å². The average Bonchev–Trinajstić information content (AvgIpc) is 2.70. The lowest BCUT2D eigenvalue weighted by atomic mass is 10.1. The largest absolute Gasteiger partial charge is 0.396 e. The zero-order valence-electron chi connectivity index (χ0n) is 11.1. The van der Waals surface area contributed by atoms with Crippen LogP contribution in [-0.4, -0.2) is 9.55 Å². The van der Waals surface area contributed by atoms with Crippen LogP contribution in [-0.2, 0) is 13.6 Å². The van der Waals surface area contributed by atoms with Gasteiger partial charge in [-0.2, -0.15) is 0 Å². The third-order valence-electron chi connectivity index (χ3n) is 3.51. The Labute approximate surface area is 122 Å². The SMILES string of the molecule is Cn1c(-c2cncc(CN)c2)c(N)c2ccc(Cl)cc21. The molecule has 0 bridgehead atoms. The highest BCUT2D eigenvalue weighted by atomic mass is 35.5. The number of nitrogens with zero attached hydrogens (tertiary/aromatic N) is 2. The van der Waals surface area contributed by atoms with Crippen molar-refractivity contribution in [1.29, 1.82) is 0 Å². The van der Waals surface area contributed by atoms with Crippen molar-refractivity contribution >= 4 is 28.2 Å². The van der Waals surface area contributed by atoms with Crippen molar-refractivity contribution in [3.8, 4) is 11.3 Å². The molecular formula is C15H15ClN4. The van der Waals surface area contributed by atoms with Gasteiger partial charge in [0, 0.05) is 42.0 Å². The second-order valence-electron chi connectivity index (χ2n) is 4.77. The number of pyridine rings is 1. The predicted molar refractivity (Wildman–Crippen MR) is 83.5 cm³/mol. The molecule has 0 amide bonds. The first-order valence-corrected chi connectivity index (χ1v) is 6.67. The van der Waals surface area contributed by atoms with Gasteiger partial charge in [-0.05, 0) is 29.8 Å². The standard InChI is InChI=1S/C15H15ClN4/c1-20-13-5-11(16)2-3-12(13)14(18)15(20)10-4-9(6-17)7-19-8-10/h2-5,7-8H,6,17-18H2,1H3. The summed E-state index contributed by atoms with van der Waals surface area (Å²) in [6.07, 6.45) is 3.56. The van der Waals surface area contributed by atoms with Crippen LogP contribution >= 0.6 is 11.6 Å². The Morgan fingerprint density at radius 3 is 2.80 bits per heavy atom. The topological polar surface area (TPSA) is 69.9 Å². The number of nitrogens with two attached hydrogens (primary N) is 2. The van der Waals surface area contributed by atoms with E-state index in [-0.39, 0.29) is 0 Å². The second kappa shape index (κ2) is 4.81. The molecule has 0 saturated heterocycles. The van der Waals surface area contributed by atoms with Crippen LogP contribution in [0.5, 0.6) is 0 Å². The Balaban J connectivity index is 2.30. The number of rotatable bonds is 2. The quantitative estimate of drug-likeness (QED) is 0.761. The summed E-state index contributed by atoms with van der Waals surface area (Å²) in [7, 11) is 1.97. The first-order valence-electron chi connectivity index (χ1n) is 6.29. The number of fused-ring (bicyclic) bond motifs is 1. The summed E-state index contributed by atoms with van der Waals surface area (Å²) in [5, 5.41) is 1.68. The predicted octanol–water partition coefficient (Wildman–Crippen LogP) is 2.93. The molecule has 0 unspecified atom stereocenters. The molecule has 2 heterocycles. The van der Waals surface area contributed by atoms with Gasteiger partial charge in [-0.15, -0.1) is 0 Å². The number of aryl methyl sites for hydroxylation is 1. The van der Waals surface area contributed by atoms with Crippen molar-refractivity contribution in [2.45, 2.75) is 6.54 Å². The Kier molecular flexibility index (Phi) is 3.12. The highest BCUT2D eigenvalue weighted by Gasteiger charge is 2.15. The summed E-state index contributed by atoms with van der Waals surface area (Å²) in [6, 6.07) is 7.71. The number of halogens is 1. The summed E-state index contributed by atoms with van der Waals surface area (Å²) >= 11 is 6.06. The van der Waals surface area contributed by atoms with Crippen molar-refractivity contribution in [3.05, 3.63) is 47.2 Å². The minimum Gasteiger partial charge on any atom is -0.396 e. The first-order chi connectivity index (χ1) is 9.61. The molecule has 0 atom stereocenters. The maximum atomic E-state index is 6.29. The fraction of sp³-hybridized carbons (Fsp3) is 0.133. The molecule has 0 saturated carbocycles. The summed E-state index contributed by atoms with van der Waals surface area (Å²) in [6.45, 7) is 0.455. The van der Waals surface area contributed by atoms with Crippen LogP contribution in [0.15, 0.2) is 36.7 Å². The highest BCUT2D eigenvalue weighted by Crippen LogP contribution is 2.36. The molecule has 0 radical (unpaired) electrons. The van der Waals surface area contributed by atoms with E-state index >= 15 is 0 Å². The highest BCUT2D eigenvalue weighted by molar-refractivity contribution is 6.31. The maximum Gasteiger partial charge on any atom is 0.0738 e. The molecule has 3 rings (SSSR count). The van der Waals surface area contributed by atoms with Gasteiger partial charge < -0.3 is 16.0 Å². The van der Waals surface area contributed by atoms with Crippen LogP contribution in [0.1, 0.15) is 5.56 Å². The fourth-order valence-electron chi connectivity index (χ4n) is 2.52. The van der Waals surface area contributed by atoms with Crippen molar-refractivity contribution in [2.24, 2.45) is 12.8 Å². The molecule has 0 spiro atoms. The number of aromatic nitrogens is 2. The molecular weight excluding hydrogens is 272 g/mol. The van der Waals surface area contributed by atoms with Gasteiger partial charge in [-0.3, -0.25) is 4.98 Å². The van der Waals surface area contributed by atoms with E-state index in [4.69, 9.17) is 23.1 Å². The van der Waals surface area contributed by atoms with Crippen LogP contribution in [0.3, 0.4) is 0 Å². The van der Waals surface area contributed by atoms with E-state index in [0.717, 1.165) is 33.4 Å². The molecule has 4 N–H and O–H groups in total. The molecule has 102 valence electrons. The normalized spacial score (nSPS) is 11.2. The van der Waals surface area contributed by atoms with Gasteiger partial charge in [0.05, 0.1) is 16.9 Å². The maximum absolute atomic E-state index is 6.29. The monoisotopic (exact) mass is 286 g/mol. The number of nitrogen functional groups attached to an aromatic ring is 1. The minimum atomic E-state index is 0.455. The van der Waals surface area contributed by atoms with Gasteiger partial charge in [0.2, 0.25) is 0 Å². The van der Waals surface area contributed by atoms with E-state index < -0.39 is 0 Å². The van der Waals surface area contributed by atoms with E-state index in [1.54, 1.807) is 12.4 Å². The Morgan fingerprint density at radius 1 is 1.25 bits per heavy atom. The van der Waals surface area contributed by atoms with E-state index in [1.165, 1.54) is 0 Å². The molecule has 0 aliphatic heterocycles. The molecule has 2 aromatic heterocycles. The molecule has 1 aromatic carbocycles. The Bertz CT molecular complexity index is 792. The molecule has 4 nitrogen and oxygen atoms in total. The number of hydrogen-bond acceptors (Lipinski definition) is 3. The summed E-state index contributed by atoms with van der Waals surface area (Å²) in [4.78, 5) is 4.23. The van der Waals surface area contributed by atoms with Crippen LogP contribution < -0.4 is 11.5 Å². The van der Waals surface area contributed by atoms with E-state index in [2.05, 4.69) is 4.98 Å². The van der Waals surface area contributed by atoms with E-state index in [1.807, 2.05) is 35.9 Å². The number of anilines is 1. The second-order valence-corrected chi connectivity index (χ2v) is 5.21. The zero-order chi connectivity index (χ0) is 14.3. The van der Waals surface area contributed by atoms with Gasteiger partial charge in [0.25, 0.3) is 0 Å². The summed E-state index contributed by atoms with van der Waals surface area (Å²) in [5.74, 6) is 0. The van der Waals surface area contributed by atoms with Gasteiger partial charge >= 0.3 is 0 Å². The third-order valence-corrected chi connectivity index (χ3v) is 3.74. The van der Waals surface area contributed by atoms with E-state index in [0.29, 0.717) is 11.6 Å². The number of hydrogen-bond donors (Lipinski definition) is 2. The lowest BCUT2D eigenvalue weighted by Crippen LogP contribution is -1.99. The van der Waals surface area contributed by atoms with Crippen LogP contribution in [0.4, 0.5) is 5.69 Å². The lowest BCUT2D eigenvalue weighted by Gasteiger charge is -2.07. The molecule has 3 aromatic rings. The van der Waals surface area contributed by atoms with Gasteiger partial charge in [-0.25, -0.2) is 0 Å². The molecule has 0 aliphatic carbocycles. The van der Waals surface area contributed by atoms with Gasteiger partial charge in [-0.1, -0.05) is 11.6 Å². The summed E-state index contributed by atoms with van der Waals surface area (Å²) in [5.41, 5.74) is 16.6. The van der Waals surface area contributed by atoms with Crippen molar-refractivity contribution in [3.63, 3.8) is 0 Å². The van der Waals surface area contributed by atoms with Crippen molar-refractivity contribution in [1.82, 2.24) is 9.55 Å². The lowest BCUT2D eigenvalue weighted by molar-refractivity contribution is 0.974. The zero-order valence-corrected chi connectivity index (χ0v) is 11.9. The average molecular weight is 287 g/mol. The Hall–Kier alpha value is -2.04. The Morgan fingerprint density at radius 2 is 2.05 bits per heavy atom. The molecule has 20 heavy (non-hydrogen) atoms. The minimum absolute atomic E-state index is 0.455. The number of benzene rings is 1.